The number of halogens is 2. The lowest BCUT2D eigenvalue weighted by Crippen LogP contribution is -2.68. The number of rotatable bonds is 2. The van der Waals surface area contributed by atoms with Crippen LogP contribution in [0.4, 0.5) is 0 Å². The molecule has 0 heterocycles. The van der Waals surface area contributed by atoms with Gasteiger partial charge in [-0.15, -0.1) is 23.2 Å². The molecule has 0 radical (unpaired) electrons. The molecular formula is C22H28Cl2O4. The fourth-order valence-corrected chi connectivity index (χ4v) is 7.97. The zero-order valence-electron chi connectivity index (χ0n) is 16.5. The Kier molecular flexibility index (Phi) is 4.53. The van der Waals surface area contributed by atoms with Gasteiger partial charge in [0.1, 0.15) is 5.60 Å². The van der Waals surface area contributed by atoms with Crippen LogP contribution in [0.15, 0.2) is 23.8 Å². The van der Waals surface area contributed by atoms with Crippen LogP contribution in [-0.2, 0) is 9.59 Å². The third-order valence-corrected chi connectivity index (χ3v) is 9.94. The van der Waals surface area contributed by atoms with Crippen molar-refractivity contribution < 1.29 is 19.8 Å². The highest BCUT2D eigenvalue weighted by Gasteiger charge is 2.74. The Balaban J connectivity index is 1.84. The maximum atomic E-state index is 12.7. The normalized spacial score (nSPS) is 52.5. The average Bonchev–Trinajstić information content (AvgIpc) is 2.84. The van der Waals surface area contributed by atoms with Crippen molar-refractivity contribution in [2.24, 2.45) is 28.6 Å². The monoisotopic (exact) mass is 426 g/mol. The van der Waals surface area contributed by atoms with Crippen LogP contribution in [0.5, 0.6) is 0 Å². The number of aliphatic hydroxyl groups is 2. The molecule has 0 amide bonds. The molecule has 4 aliphatic rings. The second-order valence-electron chi connectivity index (χ2n) is 9.72. The van der Waals surface area contributed by atoms with Gasteiger partial charge in [-0.3, -0.25) is 9.59 Å². The average molecular weight is 427 g/mol. The third kappa shape index (κ3) is 2.16. The molecule has 0 aromatic heterocycles. The molecule has 8 atom stereocenters. The van der Waals surface area contributed by atoms with E-state index in [4.69, 9.17) is 23.2 Å². The molecule has 4 unspecified atom stereocenters. The van der Waals surface area contributed by atoms with E-state index in [1.807, 2.05) is 26.8 Å². The molecule has 0 bridgehead atoms. The van der Waals surface area contributed by atoms with Gasteiger partial charge in [-0.1, -0.05) is 32.4 Å². The molecule has 0 saturated heterocycles. The van der Waals surface area contributed by atoms with E-state index in [2.05, 4.69) is 0 Å². The first-order valence-corrected chi connectivity index (χ1v) is 11.0. The largest absolute Gasteiger partial charge is 0.391 e. The molecule has 4 nitrogen and oxygen atoms in total. The van der Waals surface area contributed by atoms with Gasteiger partial charge >= 0.3 is 0 Å². The van der Waals surface area contributed by atoms with Crippen molar-refractivity contribution in [2.75, 3.05) is 5.88 Å². The van der Waals surface area contributed by atoms with Crippen LogP contribution in [0.2, 0.25) is 0 Å². The number of carbonyl (C=O) groups excluding carboxylic acids is 2. The van der Waals surface area contributed by atoms with Gasteiger partial charge in [0.15, 0.2) is 11.6 Å². The van der Waals surface area contributed by atoms with Crippen molar-refractivity contribution in [1.82, 2.24) is 0 Å². The van der Waals surface area contributed by atoms with Crippen molar-refractivity contribution in [2.45, 2.75) is 63.0 Å². The quantitative estimate of drug-likeness (QED) is 0.663. The molecule has 3 saturated carbocycles. The first kappa shape index (κ1) is 20.6. The van der Waals surface area contributed by atoms with Crippen molar-refractivity contribution in [1.29, 1.82) is 0 Å². The number of hydrogen-bond acceptors (Lipinski definition) is 4. The van der Waals surface area contributed by atoms with Gasteiger partial charge in [-0.2, -0.15) is 0 Å². The SMILES string of the molecule is C[C@@H]1CC2C3CCC4=CC(=O)C=CC4(C)[C@@]3(Cl)[C@@H](O)CC2(C)[C@@]1(O)C(=O)CCl. The minimum Gasteiger partial charge on any atom is -0.391 e. The van der Waals surface area contributed by atoms with Crippen LogP contribution < -0.4 is 0 Å². The van der Waals surface area contributed by atoms with Crippen LogP contribution in [0.25, 0.3) is 0 Å². The summed E-state index contributed by atoms with van der Waals surface area (Å²) >= 11 is 13.2. The molecule has 2 N–H and O–H groups in total. The second kappa shape index (κ2) is 6.16. The van der Waals surface area contributed by atoms with Crippen molar-refractivity contribution in [3.8, 4) is 0 Å². The number of hydrogen-bond donors (Lipinski definition) is 2. The smallest absolute Gasteiger partial charge is 0.179 e. The fraction of sp³-hybridized carbons (Fsp3) is 0.727. The number of Topliss-reactive ketones (excluding diaryl/α,β-unsaturated/α-hetero) is 1. The zero-order valence-corrected chi connectivity index (χ0v) is 18.1. The van der Waals surface area contributed by atoms with Crippen LogP contribution in [0, 0.1) is 28.6 Å². The van der Waals surface area contributed by atoms with Crippen LogP contribution >= 0.6 is 23.2 Å². The molecule has 6 heteroatoms. The summed E-state index contributed by atoms with van der Waals surface area (Å²) in [5.41, 5.74) is -2.01. The zero-order chi connectivity index (χ0) is 20.7. The lowest BCUT2D eigenvalue weighted by molar-refractivity contribution is -0.175. The molecule has 4 rings (SSSR count). The highest BCUT2D eigenvalue weighted by atomic mass is 35.5. The lowest BCUT2D eigenvalue weighted by atomic mass is 9.45. The van der Waals surface area contributed by atoms with Crippen LogP contribution in [0.3, 0.4) is 0 Å². The molecule has 0 aromatic carbocycles. The number of ketones is 2. The molecule has 28 heavy (non-hydrogen) atoms. The van der Waals surface area contributed by atoms with E-state index < -0.39 is 27.4 Å². The molecule has 0 aromatic rings. The molecule has 4 aliphatic carbocycles. The van der Waals surface area contributed by atoms with Crippen molar-refractivity contribution in [3.05, 3.63) is 23.8 Å². The number of carbonyl (C=O) groups is 2. The van der Waals surface area contributed by atoms with E-state index >= 15 is 0 Å². The Bertz CT molecular complexity index is 806. The Morgan fingerprint density at radius 1 is 1.32 bits per heavy atom. The molecular weight excluding hydrogens is 399 g/mol. The van der Waals surface area contributed by atoms with Gasteiger partial charge in [0.25, 0.3) is 0 Å². The van der Waals surface area contributed by atoms with Gasteiger partial charge in [-0.25, -0.2) is 0 Å². The van der Waals surface area contributed by atoms with E-state index in [-0.39, 0.29) is 41.6 Å². The van der Waals surface area contributed by atoms with Gasteiger partial charge in [0.2, 0.25) is 0 Å². The number of allylic oxidation sites excluding steroid dienone is 4. The number of fused-ring (bicyclic) bond motifs is 5. The summed E-state index contributed by atoms with van der Waals surface area (Å²) in [6.07, 6.45) is 6.47. The van der Waals surface area contributed by atoms with E-state index in [0.717, 1.165) is 18.4 Å². The molecule has 3 fully saturated rings. The predicted molar refractivity (Wildman–Crippen MR) is 108 cm³/mol. The maximum Gasteiger partial charge on any atom is 0.179 e. The van der Waals surface area contributed by atoms with Gasteiger partial charge < -0.3 is 10.2 Å². The second-order valence-corrected chi connectivity index (χ2v) is 10.6. The number of alkyl halides is 2. The van der Waals surface area contributed by atoms with E-state index in [9.17, 15) is 19.8 Å². The summed E-state index contributed by atoms with van der Waals surface area (Å²) in [4.78, 5) is 23.7. The van der Waals surface area contributed by atoms with Gasteiger partial charge in [-0.05, 0) is 55.6 Å². The Morgan fingerprint density at radius 2 is 2.00 bits per heavy atom. The van der Waals surface area contributed by atoms with E-state index in [1.54, 1.807) is 12.2 Å². The third-order valence-electron chi connectivity index (χ3n) is 8.77. The maximum absolute atomic E-state index is 12.7. The predicted octanol–water partition coefficient (Wildman–Crippen LogP) is 3.41. The summed E-state index contributed by atoms with van der Waals surface area (Å²) in [7, 11) is 0. The Labute approximate surface area is 176 Å². The molecule has 0 aliphatic heterocycles. The van der Waals surface area contributed by atoms with Crippen LogP contribution in [-0.4, -0.2) is 44.2 Å². The summed E-state index contributed by atoms with van der Waals surface area (Å²) in [5.74, 6) is -1.00. The Morgan fingerprint density at radius 3 is 2.64 bits per heavy atom. The summed E-state index contributed by atoms with van der Waals surface area (Å²) in [6.45, 7) is 5.81. The van der Waals surface area contributed by atoms with Crippen molar-refractivity contribution >= 4 is 34.8 Å². The lowest BCUT2D eigenvalue weighted by Gasteiger charge is -2.63. The van der Waals surface area contributed by atoms with Gasteiger partial charge in [0, 0.05) is 10.8 Å². The summed E-state index contributed by atoms with van der Waals surface area (Å²) < 4.78 is 0. The van der Waals surface area contributed by atoms with E-state index in [1.165, 1.54) is 0 Å². The minimum absolute atomic E-state index is 0.00929. The summed E-state index contributed by atoms with van der Waals surface area (Å²) in [5, 5.41) is 22.9. The first-order valence-electron chi connectivity index (χ1n) is 10.1. The van der Waals surface area contributed by atoms with Crippen molar-refractivity contribution in [3.63, 3.8) is 0 Å². The van der Waals surface area contributed by atoms with Crippen LogP contribution in [0.1, 0.15) is 46.5 Å². The first-order chi connectivity index (χ1) is 13.0. The standard InChI is InChI=1S/C22H28Cl2O4/c1-12-8-16-15-5-4-13-9-14(25)6-7-19(13,2)21(15,24)17(26)10-20(16,3)22(12,28)18(27)11-23/h6-7,9,12,15-17,26,28H,4-5,8,10-11H2,1-3H3/t12-,15?,16?,17+,19?,20?,21+,22+/m1/s1. The Hall–Kier alpha value is -0.680. The molecule has 154 valence electrons. The topological polar surface area (TPSA) is 74.6 Å². The van der Waals surface area contributed by atoms with E-state index in [0.29, 0.717) is 6.42 Å². The fourth-order valence-electron chi connectivity index (χ4n) is 7.24. The highest BCUT2D eigenvalue weighted by Crippen LogP contribution is 2.71. The highest BCUT2D eigenvalue weighted by molar-refractivity contribution is 6.29. The summed E-state index contributed by atoms with van der Waals surface area (Å²) in [6, 6.07) is 0. The van der Waals surface area contributed by atoms with Gasteiger partial charge in [0.05, 0.1) is 16.9 Å². The molecule has 0 spiro atoms. The number of aliphatic hydroxyl groups excluding tert-OH is 1. The minimum atomic E-state index is -1.56.